The topological polar surface area (TPSA) is 111 Å². The highest BCUT2D eigenvalue weighted by Crippen LogP contribution is 2.18. The van der Waals surface area contributed by atoms with Gasteiger partial charge in [0.15, 0.2) is 0 Å². The fourth-order valence-electron chi connectivity index (χ4n) is 2.45. The molecule has 1 aliphatic rings. The van der Waals surface area contributed by atoms with Crippen LogP contribution in [0.5, 0.6) is 0 Å². The van der Waals surface area contributed by atoms with Crippen LogP contribution in [0, 0.1) is 0 Å². The summed E-state index contributed by atoms with van der Waals surface area (Å²) in [5, 5.41) is 3.15. The van der Waals surface area contributed by atoms with E-state index in [2.05, 4.69) is 19.5 Å². The number of piperidine rings is 1. The molecule has 0 radical (unpaired) electrons. The second-order valence-electron chi connectivity index (χ2n) is 5.37. The minimum atomic E-state index is -3.88. The molecule has 1 saturated heterocycles. The summed E-state index contributed by atoms with van der Waals surface area (Å²) in [6.07, 6.45) is 1.33. The lowest BCUT2D eigenvalue weighted by Crippen LogP contribution is -2.42. The van der Waals surface area contributed by atoms with Crippen molar-refractivity contribution in [2.75, 3.05) is 27.3 Å². The number of rotatable bonds is 5. The van der Waals surface area contributed by atoms with Crippen molar-refractivity contribution in [3.63, 3.8) is 0 Å². The van der Waals surface area contributed by atoms with Crippen molar-refractivity contribution < 1.29 is 27.5 Å². The molecule has 0 aromatic heterocycles. The van der Waals surface area contributed by atoms with E-state index in [0.29, 0.717) is 12.8 Å². The van der Waals surface area contributed by atoms with Gasteiger partial charge in [-0.1, -0.05) is 0 Å². The van der Waals surface area contributed by atoms with E-state index < -0.39 is 22.0 Å². The summed E-state index contributed by atoms with van der Waals surface area (Å²) in [7, 11) is -1.53. The Hall–Kier alpha value is -1.68. The quantitative estimate of drug-likeness (QED) is 0.710. The fraction of sp³-hybridized carbons (Fsp3) is 0.467. The van der Waals surface area contributed by atoms with Crippen molar-refractivity contribution in [1.29, 1.82) is 0 Å². The highest BCUT2D eigenvalue weighted by molar-refractivity contribution is 7.89. The summed E-state index contributed by atoms with van der Waals surface area (Å²) in [5.41, 5.74) is -0.0721. The summed E-state index contributed by atoms with van der Waals surface area (Å²) in [6.45, 7) is 1.45. The molecule has 0 spiro atoms. The molecule has 0 bridgehead atoms. The predicted octanol–water partition coefficient (Wildman–Crippen LogP) is 0.712. The van der Waals surface area contributed by atoms with Crippen LogP contribution in [-0.2, 0) is 19.5 Å². The number of nitrogens with one attached hydrogen (secondary N) is 2. The monoisotopic (exact) mass is 392 g/mol. The molecular formula is C15H21ClN2O6S. The van der Waals surface area contributed by atoms with E-state index in [-0.39, 0.29) is 34.5 Å². The summed E-state index contributed by atoms with van der Waals surface area (Å²) < 4.78 is 37.0. The molecule has 1 aromatic carbocycles. The van der Waals surface area contributed by atoms with Gasteiger partial charge in [0.25, 0.3) is 0 Å². The number of methoxy groups -OCH3 is 2. The lowest BCUT2D eigenvalue weighted by molar-refractivity contribution is 0.0598. The molecule has 0 saturated carbocycles. The Kier molecular flexibility index (Phi) is 7.81. The first-order valence-electron chi connectivity index (χ1n) is 7.42. The third kappa shape index (κ3) is 5.40. The predicted molar refractivity (Wildman–Crippen MR) is 92.6 cm³/mol. The molecule has 0 unspecified atom stereocenters. The Labute approximate surface area is 152 Å². The third-order valence-electron chi connectivity index (χ3n) is 3.72. The van der Waals surface area contributed by atoms with Gasteiger partial charge in [-0.25, -0.2) is 22.7 Å². The summed E-state index contributed by atoms with van der Waals surface area (Å²) >= 11 is 0. The van der Waals surface area contributed by atoms with Gasteiger partial charge in [0.2, 0.25) is 10.0 Å². The van der Waals surface area contributed by atoms with E-state index in [4.69, 9.17) is 0 Å². The second kappa shape index (κ2) is 9.14. The number of benzene rings is 1. The first-order valence-corrected chi connectivity index (χ1v) is 8.90. The van der Waals surface area contributed by atoms with E-state index in [1.54, 1.807) is 0 Å². The van der Waals surface area contributed by atoms with Crippen LogP contribution in [0.25, 0.3) is 0 Å². The molecule has 140 valence electrons. The molecule has 2 N–H and O–H groups in total. The van der Waals surface area contributed by atoms with Crippen molar-refractivity contribution in [1.82, 2.24) is 10.0 Å². The largest absolute Gasteiger partial charge is 0.465 e. The minimum absolute atomic E-state index is 0. The van der Waals surface area contributed by atoms with Gasteiger partial charge in [0.1, 0.15) is 0 Å². The van der Waals surface area contributed by atoms with Crippen LogP contribution >= 0.6 is 12.4 Å². The van der Waals surface area contributed by atoms with E-state index in [1.165, 1.54) is 32.4 Å². The van der Waals surface area contributed by atoms with Crippen LogP contribution in [0.2, 0.25) is 0 Å². The summed E-state index contributed by atoms with van der Waals surface area (Å²) in [4.78, 5) is 23.3. The van der Waals surface area contributed by atoms with E-state index in [0.717, 1.165) is 13.1 Å². The molecule has 25 heavy (non-hydrogen) atoms. The number of hydrogen-bond acceptors (Lipinski definition) is 7. The number of carbonyl (C=O) groups excluding carboxylic acids is 2. The molecule has 1 fully saturated rings. The Morgan fingerprint density at radius 2 is 1.52 bits per heavy atom. The zero-order chi connectivity index (χ0) is 17.7. The standard InChI is InChI=1S/C15H20N2O6S.ClH/c1-22-14(18)10-7-11(15(19)23-2)9-13(8-10)24(20,21)17-12-3-5-16-6-4-12;/h7-9,12,16-17H,3-6H2,1-2H3;1H. The highest BCUT2D eigenvalue weighted by Gasteiger charge is 2.24. The van der Waals surface area contributed by atoms with Gasteiger partial charge in [0.05, 0.1) is 30.2 Å². The normalized spacial score (nSPS) is 15.1. The van der Waals surface area contributed by atoms with Gasteiger partial charge in [0, 0.05) is 6.04 Å². The summed E-state index contributed by atoms with van der Waals surface area (Å²) in [5.74, 6) is -1.47. The van der Waals surface area contributed by atoms with Crippen molar-refractivity contribution >= 4 is 34.4 Å². The molecule has 0 amide bonds. The molecule has 2 rings (SSSR count). The van der Waals surface area contributed by atoms with Gasteiger partial charge in [-0.05, 0) is 44.1 Å². The number of sulfonamides is 1. The van der Waals surface area contributed by atoms with Crippen LogP contribution in [0.1, 0.15) is 33.6 Å². The van der Waals surface area contributed by atoms with Crippen molar-refractivity contribution in [2.24, 2.45) is 0 Å². The van der Waals surface area contributed by atoms with Gasteiger partial charge in [-0.2, -0.15) is 0 Å². The van der Waals surface area contributed by atoms with Gasteiger partial charge < -0.3 is 14.8 Å². The zero-order valence-corrected chi connectivity index (χ0v) is 15.5. The van der Waals surface area contributed by atoms with E-state index in [1.807, 2.05) is 0 Å². The Balaban J connectivity index is 0.00000312. The lowest BCUT2D eigenvalue weighted by atomic mass is 10.1. The fourth-order valence-corrected chi connectivity index (χ4v) is 3.83. The third-order valence-corrected chi connectivity index (χ3v) is 5.22. The number of hydrogen-bond donors (Lipinski definition) is 2. The van der Waals surface area contributed by atoms with Crippen LogP contribution in [0.4, 0.5) is 0 Å². The van der Waals surface area contributed by atoms with Crippen molar-refractivity contribution in [2.45, 2.75) is 23.8 Å². The molecule has 1 heterocycles. The minimum Gasteiger partial charge on any atom is -0.465 e. The maximum Gasteiger partial charge on any atom is 0.337 e. The van der Waals surface area contributed by atoms with Crippen LogP contribution < -0.4 is 10.0 Å². The smallest absolute Gasteiger partial charge is 0.337 e. The SMILES string of the molecule is COC(=O)c1cc(C(=O)OC)cc(S(=O)(=O)NC2CCNCC2)c1.Cl. The second-order valence-corrected chi connectivity index (χ2v) is 7.09. The van der Waals surface area contributed by atoms with Crippen LogP contribution in [-0.4, -0.2) is 53.7 Å². The molecule has 10 heteroatoms. The molecule has 8 nitrogen and oxygen atoms in total. The molecule has 0 atom stereocenters. The average Bonchev–Trinajstić information content (AvgIpc) is 2.60. The highest BCUT2D eigenvalue weighted by atomic mass is 35.5. The van der Waals surface area contributed by atoms with Gasteiger partial charge in [-0.3, -0.25) is 0 Å². The zero-order valence-electron chi connectivity index (χ0n) is 13.9. The first kappa shape index (κ1) is 21.4. The Morgan fingerprint density at radius 1 is 1.04 bits per heavy atom. The van der Waals surface area contributed by atoms with Gasteiger partial charge >= 0.3 is 11.9 Å². The Bertz CT molecular complexity index is 697. The number of ether oxygens (including phenoxy) is 2. The van der Waals surface area contributed by atoms with Crippen LogP contribution in [0.3, 0.4) is 0 Å². The average molecular weight is 393 g/mol. The van der Waals surface area contributed by atoms with E-state index in [9.17, 15) is 18.0 Å². The molecular weight excluding hydrogens is 372 g/mol. The lowest BCUT2D eigenvalue weighted by Gasteiger charge is -2.23. The first-order chi connectivity index (χ1) is 11.4. The molecule has 1 aliphatic heterocycles. The molecule has 1 aromatic rings. The maximum absolute atomic E-state index is 12.6. The summed E-state index contributed by atoms with van der Waals surface area (Å²) in [6, 6.07) is 3.41. The Morgan fingerprint density at radius 3 is 1.96 bits per heavy atom. The van der Waals surface area contributed by atoms with Gasteiger partial charge in [-0.15, -0.1) is 12.4 Å². The van der Waals surface area contributed by atoms with Crippen LogP contribution in [0.15, 0.2) is 23.1 Å². The van der Waals surface area contributed by atoms with Crippen molar-refractivity contribution in [3.05, 3.63) is 29.3 Å². The van der Waals surface area contributed by atoms with E-state index >= 15 is 0 Å². The maximum atomic E-state index is 12.6. The number of esters is 2. The molecule has 0 aliphatic carbocycles. The van der Waals surface area contributed by atoms with Crippen molar-refractivity contribution in [3.8, 4) is 0 Å². The number of carbonyl (C=O) groups is 2. The number of halogens is 1.